The highest BCUT2D eigenvalue weighted by molar-refractivity contribution is 7.80. The molecule has 9 heteroatoms. The first-order valence-corrected chi connectivity index (χ1v) is 10.8. The minimum atomic E-state index is 0.655. The van der Waals surface area contributed by atoms with Gasteiger partial charge in [-0.05, 0) is 36.0 Å². The van der Waals surface area contributed by atoms with Crippen molar-refractivity contribution in [1.82, 2.24) is 20.2 Å². The Morgan fingerprint density at radius 1 is 0.938 bits per heavy atom. The minimum Gasteiger partial charge on any atom is -0.497 e. The number of hydrogen-bond acceptors (Lipinski definition) is 7. The van der Waals surface area contributed by atoms with Crippen LogP contribution in [-0.4, -0.2) is 67.5 Å². The Morgan fingerprint density at radius 3 is 2.28 bits per heavy atom. The van der Waals surface area contributed by atoms with Crippen LogP contribution in [0, 0.1) is 0 Å². The van der Waals surface area contributed by atoms with Crippen LogP contribution in [-0.2, 0) is 6.54 Å². The molecular weight excluding hydrogens is 426 g/mol. The van der Waals surface area contributed by atoms with Gasteiger partial charge in [0.25, 0.3) is 0 Å². The van der Waals surface area contributed by atoms with Crippen molar-refractivity contribution in [2.24, 2.45) is 0 Å². The molecule has 1 N–H and O–H groups in total. The zero-order valence-electron chi connectivity index (χ0n) is 18.5. The molecule has 1 aliphatic rings. The lowest BCUT2D eigenvalue weighted by molar-refractivity contribution is 0.355. The number of thiocarbonyl (C=S) groups is 1. The maximum absolute atomic E-state index is 5.63. The molecule has 4 rings (SSSR count). The Balaban J connectivity index is 1.39. The van der Waals surface area contributed by atoms with E-state index in [1.54, 1.807) is 27.7 Å². The summed E-state index contributed by atoms with van der Waals surface area (Å²) in [6, 6.07) is 11.8. The molecule has 0 aliphatic carbocycles. The number of rotatable bonds is 6. The van der Waals surface area contributed by atoms with Crippen LogP contribution in [0.25, 0.3) is 10.9 Å². The number of hydrogen-bond donors (Lipinski definition) is 1. The molecule has 1 aromatic heterocycles. The number of nitrogens with zero attached hydrogens (tertiary/aromatic N) is 4. The first-order valence-electron chi connectivity index (χ1n) is 10.4. The average molecular weight is 454 g/mol. The summed E-state index contributed by atoms with van der Waals surface area (Å²) < 4.78 is 16.1. The van der Waals surface area contributed by atoms with E-state index in [4.69, 9.17) is 26.4 Å². The Kier molecular flexibility index (Phi) is 6.75. The highest BCUT2D eigenvalue weighted by Gasteiger charge is 2.22. The fraction of sp³-hybridized carbons (Fsp3) is 0.348. The largest absolute Gasteiger partial charge is 0.497 e. The second-order valence-electron chi connectivity index (χ2n) is 7.40. The summed E-state index contributed by atoms with van der Waals surface area (Å²) >= 11 is 5.63. The monoisotopic (exact) mass is 453 g/mol. The van der Waals surface area contributed by atoms with Crippen LogP contribution in [0.4, 0.5) is 5.82 Å². The zero-order valence-corrected chi connectivity index (χ0v) is 19.3. The maximum atomic E-state index is 5.63. The molecule has 1 fully saturated rings. The average Bonchev–Trinajstić information content (AvgIpc) is 2.86. The maximum Gasteiger partial charge on any atom is 0.169 e. The van der Waals surface area contributed by atoms with Gasteiger partial charge in [-0.1, -0.05) is 12.1 Å². The lowest BCUT2D eigenvalue weighted by atomic mass is 10.2. The van der Waals surface area contributed by atoms with Crippen LogP contribution < -0.4 is 24.4 Å². The van der Waals surface area contributed by atoms with E-state index >= 15 is 0 Å². The molecule has 2 heterocycles. The zero-order chi connectivity index (χ0) is 22.5. The second-order valence-corrected chi connectivity index (χ2v) is 7.79. The molecule has 0 spiro atoms. The normalized spacial score (nSPS) is 13.7. The van der Waals surface area contributed by atoms with Gasteiger partial charge in [0, 0.05) is 44.2 Å². The van der Waals surface area contributed by atoms with E-state index < -0.39 is 0 Å². The van der Waals surface area contributed by atoms with Crippen LogP contribution in [0.3, 0.4) is 0 Å². The van der Waals surface area contributed by atoms with Gasteiger partial charge in [0.1, 0.15) is 17.9 Å². The number of anilines is 1. The second kappa shape index (κ2) is 9.86. The molecule has 32 heavy (non-hydrogen) atoms. The predicted molar refractivity (Wildman–Crippen MR) is 129 cm³/mol. The highest BCUT2D eigenvalue weighted by Crippen LogP contribution is 2.34. The lowest BCUT2D eigenvalue weighted by Crippen LogP contribution is -2.51. The summed E-state index contributed by atoms with van der Waals surface area (Å²) in [6.45, 7) is 3.93. The van der Waals surface area contributed by atoms with E-state index in [1.807, 2.05) is 36.4 Å². The summed E-state index contributed by atoms with van der Waals surface area (Å²) in [4.78, 5) is 13.4. The third-order valence-electron chi connectivity index (χ3n) is 5.59. The fourth-order valence-corrected chi connectivity index (χ4v) is 4.03. The van der Waals surface area contributed by atoms with Crippen molar-refractivity contribution >= 4 is 34.1 Å². The number of benzene rings is 2. The van der Waals surface area contributed by atoms with Crippen molar-refractivity contribution in [1.29, 1.82) is 0 Å². The number of nitrogens with one attached hydrogen (secondary N) is 1. The van der Waals surface area contributed by atoms with Gasteiger partial charge in [-0.3, -0.25) is 0 Å². The van der Waals surface area contributed by atoms with Gasteiger partial charge in [-0.2, -0.15) is 0 Å². The van der Waals surface area contributed by atoms with Gasteiger partial charge < -0.3 is 29.3 Å². The van der Waals surface area contributed by atoms with Crippen molar-refractivity contribution in [2.75, 3.05) is 52.4 Å². The molecule has 2 aromatic carbocycles. The van der Waals surface area contributed by atoms with Gasteiger partial charge in [-0.15, -0.1) is 0 Å². The van der Waals surface area contributed by atoms with Gasteiger partial charge in [0.2, 0.25) is 0 Å². The lowest BCUT2D eigenvalue weighted by Gasteiger charge is -2.37. The molecule has 0 unspecified atom stereocenters. The standard InChI is InChI=1S/C23H27N5O3S/c1-29-17-6-4-16(5-7-17)14-24-23(32)28-10-8-27(9-11-28)22-18-12-20(30-2)21(31-3)13-19(18)25-15-26-22/h4-7,12-13,15H,8-11,14H2,1-3H3,(H,24,32). The van der Waals surface area contributed by atoms with E-state index in [-0.39, 0.29) is 0 Å². The van der Waals surface area contributed by atoms with Crippen LogP contribution in [0.15, 0.2) is 42.7 Å². The van der Waals surface area contributed by atoms with Gasteiger partial charge in [0.05, 0.1) is 26.8 Å². The first kappa shape index (κ1) is 21.9. The van der Waals surface area contributed by atoms with Crippen LogP contribution in [0.1, 0.15) is 5.56 Å². The highest BCUT2D eigenvalue weighted by atomic mass is 32.1. The van der Waals surface area contributed by atoms with Gasteiger partial charge in [0.15, 0.2) is 16.6 Å². The molecule has 0 saturated carbocycles. The Morgan fingerprint density at radius 2 is 1.62 bits per heavy atom. The van der Waals surface area contributed by atoms with Crippen molar-refractivity contribution < 1.29 is 14.2 Å². The summed E-state index contributed by atoms with van der Waals surface area (Å²) in [5.74, 6) is 3.06. The number of ether oxygens (including phenoxy) is 3. The molecule has 0 amide bonds. The number of methoxy groups -OCH3 is 3. The summed E-state index contributed by atoms with van der Waals surface area (Å²) in [5, 5.41) is 5.07. The van der Waals surface area contributed by atoms with E-state index in [2.05, 4.69) is 25.1 Å². The van der Waals surface area contributed by atoms with E-state index in [1.165, 1.54) is 0 Å². The summed E-state index contributed by atoms with van der Waals surface area (Å²) in [6.07, 6.45) is 1.59. The number of fused-ring (bicyclic) bond motifs is 1. The van der Waals surface area contributed by atoms with E-state index in [0.29, 0.717) is 18.0 Å². The van der Waals surface area contributed by atoms with Crippen molar-refractivity contribution in [2.45, 2.75) is 6.54 Å². The topological polar surface area (TPSA) is 72.0 Å². The Bertz CT molecular complexity index is 1080. The van der Waals surface area contributed by atoms with Crippen LogP contribution in [0.5, 0.6) is 17.2 Å². The SMILES string of the molecule is COc1ccc(CNC(=S)N2CCN(c3ncnc4cc(OC)c(OC)cc34)CC2)cc1. The molecule has 1 aliphatic heterocycles. The third-order valence-corrected chi connectivity index (χ3v) is 5.99. The molecule has 0 atom stereocenters. The smallest absolute Gasteiger partial charge is 0.169 e. The van der Waals surface area contributed by atoms with Gasteiger partial charge >= 0.3 is 0 Å². The van der Waals surface area contributed by atoms with E-state index in [9.17, 15) is 0 Å². The molecular formula is C23H27N5O3S. The Labute approximate surface area is 193 Å². The van der Waals surface area contributed by atoms with Crippen LogP contribution in [0.2, 0.25) is 0 Å². The minimum absolute atomic E-state index is 0.655. The molecule has 168 valence electrons. The molecule has 0 radical (unpaired) electrons. The quantitative estimate of drug-likeness (QED) is 0.567. The predicted octanol–water partition coefficient (Wildman–Crippen LogP) is 2.85. The summed E-state index contributed by atoms with van der Waals surface area (Å²) in [7, 11) is 4.92. The third kappa shape index (κ3) is 4.62. The number of piperazine rings is 1. The fourth-order valence-electron chi connectivity index (χ4n) is 3.78. The van der Waals surface area contributed by atoms with E-state index in [0.717, 1.165) is 59.3 Å². The van der Waals surface area contributed by atoms with Crippen molar-refractivity contribution in [3.05, 3.63) is 48.3 Å². The molecule has 3 aromatic rings. The molecule has 1 saturated heterocycles. The molecule has 0 bridgehead atoms. The Hall–Kier alpha value is -3.33. The van der Waals surface area contributed by atoms with Crippen molar-refractivity contribution in [3.8, 4) is 17.2 Å². The van der Waals surface area contributed by atoms with Crippen molar-refractivity contribution in [3.63, 3.8) is 0 Å². The van der Waals surface area contributed by atoms with Gasteiger partial charge in [-0.25, -0.2) is 9.97 Å². The molecule has 8 nitrogen and oxygen atoms in total. The number of aromatic nitrogens is 2. The first-order chi connectivity index (χ1) is 15.6. The summed E-state index contributed by atoms with van der Waals surface area (Å²) in [5.41, 5.74) is 1.98. The van der Waals surface area contributed by atoms with Crippen LogP contribution >= 0.6 is 12.2 Å².